The fourth-order valence-electron chi connectivity index (χ4n) is 1.94. The van der Waals surface area contributed by atoms with Crippen molar-refractivity contribution < 1.29 is 9.47 Å². The van der Waals surface area contributed by atoms with Crippen LogP contribution in [0.15, 0.2) is 22.7 Å². The van der Waals surface area contributed by atoms with Gasteiger partial charge in [-0.15, -0.1) is 11.3 Å². The smallest absolute Gasteiger partial charge is 0.161 e. The summed E-state index contributed by atoms with van der Waals surface area (Å²) in [7, 11) is 3.29. The third kappa shape index (κ3) is 3.05. The summed E-state index contributed by atoms with van der Waals surface area (Å²) in [6, 6.07) is 6.17. The topological polar surface area (TPSA) is 18.5 Å². The van der Waals surface area contributed by atoms with E-state index in [1.54, 1.807) is 14.2 Å². The highest BCUT2D eigenvalue weighted by atomic mass is 79.9. The van der Waals surface area contributed by atoms with Gasteiger partial charge in [0.1, 0.15) is 0 Å². The van der Waals surface area contributed by atoms with Gasteiger partial charge in [-0.25, -0.2) is 0 Å². The number of hydrogen-bond acceptors (Lipinski definition) is 3. The molecular formula is C15H16Br2O2S. The Kier molecular flexibility index (Phi) is 5.15. The Morgan fingerprint density at radius 2 is 1.65 bits per heavy atom. The summed E-state index contributed by atoms with van der Waals surface area (Å²) in [5, 5.41) is 0. The predicted molar refractivity (Wildman–Crippen MR) is 91.8 cm³/mol. The predicted octanol–water partition coefficient (Wildman–Crippen LogP) is 5.63. The molecule has 1 aromatic heterocycles. The number of benzene rings is 1. The van der Waals surface area contributed by atoms with E-state index in [9.17, 15) is 0 Å². The van der Waals surface area contributed by atoms with Crippen LogP contribution in [0.2, 0.25) is 0 Å². The van der Waals surface area contributed by atoms with Gasteiger partial charge in [0.15, 0.2) is 11.5 Å². The molecule has 1 unspecified atom stereocenters. The van der Waals surface area contributed by atoms with E-state index in [4.69, 9.17) is 9.47 Å². The van der Waals surface area contributed by atoms with Crippen LogP contribution >= 0.6 is 43.2 Å². The summed E-state index contributed by atoms with van der Waals surface area (Å²) in [4.78, 5) is 2.77. The van der Waals surface area contributed by atoms with E-state index < -0.39 is 0 Å². The van der Waals surface area contributed by atoms with Crippen molar-refractivity contribution >= 4 is 43.2 Å². The number of hydrogen-bond donors (Lipinski definition) is 0. The van der Waals surface area contributed by atoms with Gasteiger partial charge in [0.25, 0.3) is 0 Å². The second-order valence-corrected chi connectivity index (χ2v) is 7.54. The fourth-order valence-corrected chi connectivity index (χ4v) is 4.63. The molecule has 1 aromatic carbocycles. The highest BCUT2D eigenvalue weighted by Gasteiger charge is 2.19. The molecule has 0 saturated carbocycles. The van der Waals surface area contributed by atoms with E-state index in [0.29, 0.717) is 0 Å². The lowest BCUT2D eigenvalue weighted by atomic mass is 10.1. The van der Waals surface area contributed by atoms with Crippen LogP contribution < -0.4 is 9.47 Å². The van der Waals surface area contributed by atoms with Crippen LogP contribution in [0.1, 0.15) is 25.7 Å². The zero-order valence-electron chi connectivity index (χ0n) is 11.8. The maximum atomic E-state index is 5.38. The third-order valence-corrected chi connectivity index (χ3v) is 6.40. The normalized spacial score (nSPS) is 12.3. The average Bonchev–Trinajstić information content (AvgIpc) is 2.77. The second-order valence-electron chi connectivity index (χ2n) is 4.48. The quantitative estimate of drug-likeness (QED) is 0.598. The minimum atomic E-state index is 0.133. The van der Waals surface area contributed by atoms with Crippen molar-refractivity contribution in [1.29, 1.82) is 0 Å². The molecule has 1 heterocycles. The lowest BCUT2D eigenvalue weighted by Gasteiger charge is -2.15. The van der Waals surface area contributed by atoms with Gasteiger partial charge in [-0.05, 0) is 43.2 Å². The van der Waals surface area contributed by atoms with Gasteiger partial charge in [0.2, 0.25) is 0 Å². The van der Waals surface area contributed by atoms with Crippen molar-refractivity contribution in [3.63, 3.8) is 0 Å². The first kappa shape index (κ1) is 15.9. The summed E-state index contributed by atoms with van der Waals surface area (Å²) < 4.78 is 11.7. The van der Waals surface area contributed by atoms with Crippen molar-refractivity contribution in [2.75, 3.05) is 14.2 Å². The van der Waals surface area contributed by atoms with Gasteiger partial charge in [0.05, 0.1) is 19.0 Å². The molecule has 0 aliphatic carbocycles. The monoisotopic (exact) mass is 418 g/mol. The Balaban J connectivity index is 2.46. The maximum Gasteiger partial charge on any atom is 0.161 e. The Labute approximate surface area is 140 Å². The SMILES string of the molecule is COc1cc(Br)c(C(Br)c2cc(C)c(C)s2)cc1OC. The maximum absolute atomic E-state index is 5.38. The van der Waals surface area contributed by atoms with Crippen molar-refractivity contribution in [1.82, 2.24) is 0 Å². The van der Waals surface area contributed by atoms with E-state index in [0.717, 1.165) is 21.5 Å². The first-order chi connectivity index (χ1) is 9.47. The second kappa shape index (κ2) is 6.50. The lowest BCUT2D eigenvalue weighted by molar-refractivity contribution is 0.354. The molecule has 5 heteroatoms. The van der Waals surface area contributed by atoms with Crippen molar-refractivity contribution in [2.24, 2.45) is 0 Å². The van der Waals surface area contributed by atoms with Crippen LogP contribution in [0.3, 0.4) is 0 Å². The molecule has 0 amide bonds. The number of aryl methyl sites for hydroxylation is 2. The standard InChI is InChI=1S/C15H16Br2O2S/c1-8-5-14(20-9(8)2)15(17)10-6-12(18-3)13(19-4)7-11(10)16/h5-7,15H,1-4H3. The summed E-state index contributed by atoms with van der Waals surface area (Å²) in [5.74, 6) is 1.46. The molecule has 0 spiro atoms. The first-order valence-electron chi connectivity index (χ1n) is 6.10. The zero-order valence-corrected chi connectivity index (χ0v) is 15.8. The van der Waals surface area contributed by atoms with Gasteiger partial charge in [-0.1, -0.05) is 31.9 Å². The summed E-state index contributed by atoms with van der Waals surface area (Å²) >= 11 is 9.21. The molecule has 2 nitrogen and oxygen atoms in total. The van der Waals surface area contributed by atoms with Crippen LogP contribution in [-0.2, 0) is 0 Å². The molecule has 2 aromatic rings. The van der Waals surface area contributed by atoms with Gasteiger partial charge >= 0.3 is 0 Å². The number of methoxy groups -OCH3 is 2. The van der Waals surface area contributed by atoms with Crippen LogP contribution in [0.25, 0.3) is 0 Å². The molecule has 0 bridgehead atoms. The zero-order chi connectivity index (χ0) is 14.9. The average molecular weight is 420 g/mol. The van der Waals surface area contributed by atoms with E-state index in [1.807, 2.05) is 23.5 Å². The first-order valence-corrected chi connectivity index (χ1v) is 8.62. The van der Waals surface area contributed by atoms with Gasteiger partial charge in [-0.2, -0.15) is 0 Å². The van der Waals surface area contributed by atoms with Crippen LogP contribution in [0, 0.1) is 13.8 Å². The Bertz CT molecular complexity index is 603. The number of ether oxygens (including phenoxy) is 2. The molecule has 1 atom stereocenters. The van der Waals surface area contributed by atoms with Crippen LogP contribution in [0.4, 0.5) is 0 Å². The minimum Gasteiger partial charge on any atom is -0.493 e. The van der Waals surface area contributed by atoms with E-state index in [-0.39, 0.29) is 4.83 Å². The Hall–Kier alpha value is -0.520. The molecule has 0 fully saturated rings. The highest BCUT2D eigenvalue weighted by molar-refractivity contribution is 9.11. The van der Waals surface area contributed by atoms with E-state index in [1.165, 1.54) is 15.3 Å². The summed E-state index contributed by atoms with van der Waals surface area (Å²) in [6.45, 7) is 4.28. The van der Waals surface area contributed by atoms with Gasteiger partial charge < -0.3 is 9.47 Å². The van der Waals surface area contributed by atoms with Crippen molar-refractivity contribution in [3.05, 3.63) is 43.6 Å². The van der Waals surface area contributed by atoms with Gasteiger partial charge in [0, 0.05) is 14.2 Å². The van der Waals surface area contributed by atoms with E-state index in [2.05, 4.69) is 51.8 Å². The van der Waals surface area contributed by atoms with Crippen LogP contribution in [-0.4, -0.2) is 14.2 Å². The van der Waals surface area contributed by atoms with Crippen LogP contribution in [0.5, 0.6) is 11.5 Å². The molecular weight excluding hydrogens is 404 g/mol. The largest absolute Gasteiger partial charge is 0.493 e. The Morgan fingerprint density at radius 3 is 2.15 bits per heavy atom. The third-order valence-electron chi connectivity index (χ3n) is 3.21. The molecule has 0 saturated heterocycles. The van der Waals surface area contributed by atoms with Gasteiger partial charge in [-0.3, -0.25) is 0 Å². The molecule has 0 aliphatic heterocycles. The summed E-state index contributed by atoms with van der Waals surface area (Å²) in [5.41, 5.74) is 2.45. The molecule has 0 aliphatic rings. The minimum absolute atomic E-state index is 0.133. The molecule has 2 rings (SSSR count). The summed E-state index contributed by atoms with van der Waals surface area (Å²) in [6.07, 6.45) is 0. The van der Waals surface area contributed by atoms with E-state index >= 15 is 0 Å². The molecule has 108 valence electrons. The molecule has 0 N–H and O–H groups in total. The Morgan fingerprint density at radius 1 is 1.05 bits per heavy atom. The lowest BCUT2D eigenvalue weighted by Crippen LogP contribution is -1.96. The molecule has 0 radical (unpaired) electrons. The highest BCUT2D eigenvalue weighted by Crippen LogP contribution is 2.43. The number of alkyl halides is 1. The number of halogens is 2. The van der Waals surface area contributed by atoms with Crippen molar-refractivity contribution in [3.8, 4) is 11.5 Å². The number of rotatable bonds is 4. The number of thiophene rings is 1. The fraction of sp³-hybridized carbons (Fsp3) is 0.333. The van der Waals surface area contributed by atoms with Crippen molar-refractivity contribution in [2.45, 2.75) is 18.7 Å². The molecule has 20 heavy (non-hydrogen) atoms.